The fourth-order valence-electron chi connectivity index (χ4n) is 2.92. The van der Waals surface area contributed by atoms with E-state index in [2.05, 4.69) is 20.5 Å². The molecule has 1 aliphatic heterocycles. The van der Waals surface area contributed by atoms with Gasteiger partial charge in [-0.25, -0.2) is 9.18 Å². The second kappa shape index (κ2) is 7.88. The quantitative estimate of drug-likeness (QED) is 0.896. The summed E-state index contributed by atoms with van der Waals surface area (Å²) in [5.74, 6) is -0.346. The summed E-state index contributed by atoms with van der Waals surface area (Å²) >= 11 is 0. The van der Waals surface area contributed by atoms with Crippen LogP contribution in [0.25, 0.3) is 0 Å². The molecule has 1 aromatic carbocycles. The van der Waals surface area contributed by atoms with Gasteiger partial charge in [0.2, 0.25) is 0 Å². The Morgan fingerprint density at radius 2 is 1.92 bits per heavy atom. The number of hydrogen-bond donors (Lipinski definition) is 2. The molecule has 2 heterocycles. The molecule has 6 heteroatoms. The van der Waals surface area contributed by atoms with Crippen molar-refractivity contribution in [2.75, 3.05) is 23.7 Å². The van der Waals surface area contributed by atoms with Gasteiger partial charge >= 0.3 is 6.03 Å². The van der Waals surface area contributed by atoms with E-state index in [0.29, 0.717) is 17.9 Å². The van der Waals surface area contributed by atoms with Crippen molar-refractivity contribution in [3.8, 4) is 0 Å². The van der Waals surface area contributed by atoms with Crippen LogP contribution in [0, 0.1) is 5.82 Å². The molecule has 0 spiro atoms. The summed E-state index contributed by atoms with van der Waals surface area (Å²) in [6.45, 7) is 2.79. The maximum atomic E-state index is 13.9. The van der Waals surface area contributed by atoms with E-state index in [1.54, 1.807) is 24.5 Å². The monoisotopic (exact) mass is 328 g/mol. The maximum absolute atomic E-state index is 13.9. The van der Waals surface area contributed by atoms with Gasteiger partial charge in [0.1, 0.15) is 5.82 Å². The van der Waals surface area contributed by atoms with E-state index in [0.717, 1.165) is 18.7 Å². The molecule has 0 bridgehead atoms. The van der Waals surface area contributed by atoms with Gasteiger partial charge in [0.25, 0.3) is 0 Å². The molecule has 1 aliphatic rings. The molecule has 1 saturated heterocycles. The highest BCUT2D eigenvalue weighted by Crippen LogP contribution is 2.18. The van der Waals surface area contributed by atoms with Crippen LogP contribution in [0.1, 0.15) is 24.8 Å². The number of rotatable bonds is 4. The molecule has 1 fully saturated rings. The first kappa shape index (κ1) is 16.4. The van der Waals surface area contributed by atoms with E-state index >= 15 is 0 Å². The maximum Gasteiger partial charge on any atom is 0.323 e. The molecule has 3 rings (SSSR count). The molecule has 1 aromatic heterocycles. The van der Waals surface area contributed by atoms with Crippen LogP contribution in [-0.2, 0) is 6.54 Å². The third-order valence-corrected chi connectivity index (χ3v) is 3.99. The molecule has 0 aliphatic carbocycles. The molecule has 5 nitrogen and oxygen atoms in total. The summed E-state index contributed by atoms with van der Waals surface area (Å²) in [5, 5.41) is 5.34. The first-order valence-corrected chi connectivity index (χ1v) is 8.19. The van der Waals surface area contributed by atoms with E-state index in [1.807, 2.05) is 6.07 Å². The average Bonchev–Trinajstić information content (AvgIpc) is 2.56. The molecular weight excluding hydrogens is 307 g/mol. The Kier molecular flexibility index (Phi) is 5.38. The van der Waals surface area contributed by atoms with Crippen LogP contribution in [0.5, 0.6) is 0 Å². The van der Waals surface area contributed by atoms with Crippen LogP contribution in [0.4, 0.5) is 20.6 Å². The number of likely N-dealkylation sites (tertiary alicyclic amines) is 1. The van der Waals surface area contributed by atoms with E-state index in [9.17, 15) is 9.18 Å². The molecular formula is C18H21FN4O. The predicted molar refractivity (Wildman–Crippen MR) is 92.4 cm³/mol. The van der Waals surface area contributed by atoms with E-state index in [-0.39, 0.29) is 5.82 Å². The van der Waals surface area contributed by atoms with Crippen molar-refractivity contribution >= 4 is 17.4 Å². The van der Waals surface area contributed by atoms with Gasteiger partial charge in [-0.2, -0.15) is 0 Å². The minimum Gasteiger partial charge on any atom is -0.308 e. The van der Waals surface area contributed by atoms with Crippen LogP contribution in [0.15, 0.2) is 42.7 Å². The Bertz CT molecular complexity index is 687. The summed E-state index contributed by atoms with van der Waals surface area (Å²) in [6, 6.07) is 7.72. The van der Waals surface area contributed by atoms with Gasteiger partial charge in [-0.3, -0.25) is 9.88 Å². The Morgan fingerprint density at radius 1 is 1.12 bits per heavy atom. The van der Waals surface area contributed by atoms with Crippen LogP contribution in [0.3, 0.4) is 0 Å². The number of halogens is 1. The number of nitrogens with one attached hydrogen (secondary N) is 2. The highest BCUT2D eigenvalue weighted by molar-refractivity contribution is 5.99. The van der Waals surface area contributed by atoms with Gasteiger partial charge in [-0.05, 0) is 61.8 Å². The van der Waals surface area contributed by atoms with Crippen molar-refractivity contribution in [1.82, 2.24) is 9.88 Å². The van der Waals surface area contributed by atoms with Crippen LogP contribution in [-0.4, -0.2) is 29.0 Å². The lowest BCUT2D eigenvalue weighted by Crippen LogP contribution is -2.29. The van der Waals surface area contributed by atoms with Crippen molar-refractivity contribution in [2.45, 2.75) is 25.8 Å². The molecule has 24 heavy (non-hydrogen) atoms. The fourth-order valence-corrected chi connectivity index (χ4v) is 2.92. The van der Waals surface area contributed by atoms with Crippen LogP contribution < -0.4 is 10.6 Å². The summed E-state index contributed by atoms with van der Waals surface area (Å²) in [4.78, 5) is 18.3. The van der Waals surface area contributed by atoms with Crippen LogP contribution >= 0.6 is 0 Å². The standard InChI is InChI=1S/C18H21FN4O/c19-15-9-14(13-23-7-2-1-3-8-23)10-17(11-15)22-18(24)21-16-5-4-6-20-12-16/h4-6,9-12H,1-3,7-8,13H2,(H2,21,22,24). The number of nitrogens with zero attached hydrogens (tertiary/aromatic N) is 2. The SMILES string of the molecule is O=C(Nc1cccnc1)Nc1cc(F)cc(CN2CCCCC2)c1. The number of benzene rings is 1. The third kappa shape index (κ3) is 4.76. The fraction of sp³-hybridized carbons (Fsp3) is 0.333. The highest BCUT2D eigenvalue weighted by atomic mass is 19.1. The minimum absolute atomic E-state index is 0.346. The molecule has 0 radical (unpaired) electrons. The Balaban J connectivity index is 1.63. The van der Waals surface area contributed by atoms with Gasteiger partial charge in [-0.1, -0.05) is 6.42 Å². The first-order chi connectivity index (χ1) is 11.7. The van der Waals surface area contributed by atoms with Crippen molar-refractivity contribution < 1.29 is 9.18 Å². The zero-order chi connectivity index (χ0) is 16.8. The van der Waals surface area contributed by atoms with Crippen molar-refractivity contribution in [3.05, 3.63) is 54.1 Å². The molecule has 0 saturated carbocycles. The van der Waals surface area contributed by atoms with Crippen LogP contribution in [0.2, 0.25) is 0 Å². The molecule has 2 amide bonds. The molecule has 2 N–H and O–H groups in total. The summed E-state index contributed by atoms with van der Waals surface area (Å²) in [6.07, 6.45) is 6.82. The number of piperidine rings is 1. The zero-order valence-electron chi connectivity index (χ0n) is 13.5. The Hall–Kier alpha value is -2.47. The first-order valence-electron chi connectivity index (χ1n) is 8.19. The second-order valence-corrected chi connectivity index (χ2v) is 6.01. The largest absolute Gasteiger partial charge is 0.323 e. The summed E-state index contributed by atoms with van der Waals surface area (Å²) in [5.41, 5.74) is 1.90. The van der Waals surface area contributed by atoms with Crippen molar-refractivity contribution in [2.24, 2.45) is 0 Å². The number of anilines is 2. The highest BCUT2D eigenvalue weighted by Gasteiger charge is 2.12. The Morgan fingerprint density at radius 3 is 2.67 bits per heavy atom. The van der Waals surface area contributed by atoms with E-state index in [1.165, 1.54) is 31.4 Å². The van der Waals surface area contributed by atoms with Gasteiger partial charge in [0.15, 0.2) is 0 Å². The normalized spacial score (nSPS) is 15.0. The number of amides is 2. The second-order valence-electron chi connectivity index (χ2n) is 6.01. The Labute approximate surface area is 140 Å². The predicted octanol–water partition coefficient (Wildman–Crippen LogP) is 3.85. The third-order valence-electron chi connectivity index (χ3n) is 3.99. The topological polar surface area (TPSA) is 57.3 Å². The smallest absolute Gasteiger partial charge is 0.308 e. The minimum atomic E-state index is -0.419. The number of hydrogen-bond acceptors (Lipinski definition) is 3. The average molecular weight is 328 g/mol. The van der Waals surface area contributed by atoms with Crippen molar-refractivity contribution in [1.29, 1.82) is 0 Å². The lowest BCUT2D eigenvalue weighted by Gasteiger charge is -2.26. The number of carbonyl (C=O) groups excluding carboxylic acids is 1. The van der Waals surface area contributed by atoms with Gasteiger partial charge in [0, 0.05) is 18.4 Å². The van der Waals surface area contributed by atoms with Crippen molar-refractivity contribution in [3.63, 3.8) is 0 Å². The molecule has 0 unspecified atom stereocenters. The summed E-state index contributed by atoms with van der Waals surface area (Å²) in [7, 11) is 0. The van der Waals surface area contributed by atoms with Gasteiger partial charge in [0.05, 0.1) is 11.9 Å². The summed E-state index contributed by atoms with van der Waals surface area (Å²) < 4.78 is 13.9. The number of urea groups is 1. The lowest BCUT2D eigenvalue weighted by molar-refractivity contribution is 0.220. The molecule has 0 atom stereocenters. The number of pyridine rings is 1. The van der Waals surface area contributed by atoms with E-state index < -0.39 is 6.03 Å². The number of carbonyl (C=O) groups is 1. The van der Waals surface area contributed by atoms with Gasteiger partial charge in [-0.15, -0.1) is 0 Å². The van der Waals surface area contributed by atoms with Gasteiger partial charge < -0.3 is 10.6 Å². The lowest BCUT2D eigenvalue weighted by atomic mass is 10.1. The van der Waals surface area contributed by atoms with E-state index in [4.69, 9.17) is 0 Å². The molecule has 126 valence electrons. The zero-order valence-corrected chi connectivity index (χ0v) is 13.5. The molecule has 2 aromatic rings. The number of aromatic nitrogens is 1.